The molecule has 0 saturated heterocycles. The van der Waals surface area contributed by atoms with E-state index in [-0.39, 0.29) is 6.04 Å². The molecule has 5 heteroatoms. The van der Waals surface area contributed by atoms with Gasteiger partial charge in [-0.3, -0.25) is 0 Å². The minimum atomic E-state index is -3.35. The van der Waals surface area contributed by atoms with E-state index in [1.165, 1.54) is 4.31 Å². The van der Waals surface area contributed by atoms with Gasteiger partial charge in [-0.05, 0) is 50.1 Å². The van der Waals surface area contributed by atoms with Gasteiger partial charge in [-0.15, -0.1) is 0 Å². The normalized spacial score (nSPS) is 16.6. The van der Waals surface area contributed by atoms with Gasteiger partial charge in [-0.1, -0.05) is 12.5 Å². The highest BCUT2D eigenvalue weighted by Gasteiger charge is 2.31. The highest BCUT2D eigenvalue weighted by atomic mass is 32.2. The van der Waals surface area contributed by atoms with Crippen molar-refractivity contribution in [2.75, 3.05) is 14.1 Å². The molecule has 0 amide bonds. The zero-order chi connectivity index (χ0) is 14.0. The predicted octanol–water partition coefficient (Wildman–Crippen LogP) is 1.89. The molecule has 106 valence electrons. The van der Waals surface area contributed by atoms with Crippen LogP contribution in [0, 0.1) is 6.92 Å². The molecule has 1 aromatic carbocycles. The number of hydrogen-bond donors (Lipinski definition) is 1. The van der Waals surface area contributed by atoms with Crippen molar-refractivity contribution in [1.29, 1.82) is 0 Å². The molecule has 0 aliphatic heterocycles. The Morgan fingerprint density at radius 3 is 2.58 bits per heavy atom. The fourth-order valence-corrected chi connectivity index (χ4v) is 3.77. The number of hydrogen-bond acceptors (Lipinski definition) is 3. The molecule has 0 atom stereocenters. The Kier molecular flexibility index (Phi) is 4.28. The van der Waals surface area contributed by atoms with Crippen molar-refractivity contribution in [1.82, 2.24) is 9.62 Å². The van der Waals surface area contributed by atoms with E-state index in [0.29, 0.717) is 11.4 Å². The Hall–Kier alpha value is -0.910. The van der Waals surface area contributed by atoms with Crippen LogP contribution in [0.3, 0.4) is 0 Å². The lowest BCUT2D eigenvalue weighted by atomic mass is 9.94. The molecule has 1 saturated carbocycles. The quantitative estimate of drug-likeness (QED) is 0.897. The van der Waals surface area contributed by atoms with Crippen molar-refractivity contribution >= 4 is 10.0 Å². The van der Waals surface area contributed by atoms with E-state index in [4.69, 9.17) is 0 Å². The third kappa shape index (κ3) is 2.83. The second kappa shape index (κ2) is 5.61. The maximum atomic E-state index is 12.5. The first-order valence-corrected chi connectivity index (χ1v) is 8.13. The summed E-state index contributed by atoms with van der Waals surface area (Å²) in [7, 11) is 0.202. The molecule has 1 aliphatic rings. The number of nitrogens with one attached hydrogen (secondary N) is 1. The van der Waals surface area contributed by atoms with Crippen LogP contribution < -0.4 is 5.32 Å². The average molecular weight is 282 g/mol. The van der Waals surface area contributed by atoms with E-state index in [0.717, 1.165) is 30.4 Å². The zero-order valence-electron chi connectivity index (χ0n) is 11.8. The molecule has 1 aromatic rings. The van der Waals surface area contributed by atoms with E-state index >= 15 is 0 Å². The molecule has 0 aromatic heterocycles. The first-order valence-electron chi connectivity index (χ1n) is 6.69. The van der Waals surface area contributed by atoms with Crippen LogP contribution in [-0.2, 0) is 16.6 Å². The SMILES string of the molecule is CNCc1cc(S(=O)(=O)N(C)C2CCC2)ccc1C. The van der Waals surface area contributed by atoms with Gasteiger partial charge in [0, 0.05) is 19.6 Å². The van der Waals surface area contributed by atoms with Gasteiger partial charge in [0.25, 0.3) is 0 Å². The van der Waals surface area contributed by atoms with Gasteiger partial charge in [-0.25, -0.2) is 8.42 Å². The average Bonchev–Trinajstić information content (AvgIpc) is 2.29. The first-order chi connectivity index (χ1) is 8.96. The monoisotopic (exact) mass is 282 g/mol. The van der Waals surface area contributed by atoms with E-state index in [2.05, 4.69) is 5.32 Å². The predicted molar refractivity (Wildman–Crippen MR) is 76.5 cm³/mol. The highest BCUT2D eigenvalue weighted by molar-refractivity contribution is 7.89. The minimum absolute atomic E-state index is 0.180. The molecule has 0 spiro atoms. The van der Waals surface area contributed by atoms with Crippen LogP contribution in [0.5, 0.6) is 0 Å². The van der Waals surface area contributed by atoms with Crippen LogP contribution in [0.25, 0.3) is 0 Å². The van der Waals surface area contributed by atoms with Gasteiger partial charge >= 0.3 is 0 Å². The van der Waals surface area contributed by atoms with Gasteiger partial charge in [0.2, 0.25) is 10.0 Å². The summed E-state index contributed by atoms with van der Waals surface area (Å²) < 4.78 is 26.6. The Labute approximate surface area is 115 Å². The Balaban J connectivity index is 2.31. The van der Waals surface area contributed by atoms with Gasteiger partial charge in [-0.2, -0.15) is 4.31 Å². The molecule has 0 heterocycles. The third-order valence-electron chi connectivity index (χ3n) is 3.95. The summed E-state index contributed by atoms with van der Waals surface area (Å²) in [5.41, 5.74) is 2.14. The summed E-state index contributed by atoms with van der Waals surface area (Å²) in [4.78, 5) is 0.401. The van der Waals surface area contributed by atoms with Gasteiger partial charge < -0.3 is 5.32 Å². The topological polar surface area (TPSA) is 49.4 Å². The summed E-state index contributed by atoms with van der Waals surface area (Å²) in [6.07, 6.45) is 3.08. The van der Waals surface area contributed by atoms with Crippen LogP contribution in [-0.4, -0.2) is 32.9 Å². The summed E-state index contributed by atoms with van der Waals surface area (Å²) >= 11 is 0. The minimum Gasteiger partial charge on any atom is -0.316 e. The van der Waals surface area contributed by atoms with Crippen LogP contribution in [0.4, 0.5) is 0 Å². The number of rotatable bonds is 5. The summed E-state index contributed by atoms with van der Waals surface area (Å²) in [5.74, 6) is 0. The molecule has 19 heavy (non-hydrogen) atoms. The molecule has 2 rings (SSSR count). The lowest BCUT2D eigenvalue weighted by Gasteiger charge is -2.33. The zero-order valence-corrected chi connectivity index (χ0v) is 12.6. The van der Waals surface area contributed by atoms with Gasteiger partial charge in [0.15, 0.2) is 0 Å². The van der Waals surface area contributed by atoms with Crippen molar-refractivity contribution in [3.05, 3.63) is 29.3 Å². The number of benzene rings is 1. The standard InChI is InChI=1S/C14H22N2O2S/c1-11-7-8-14(9-12(11)10-15-2)19(17,18)16(3)13-5-4-6-13/h7-9,13,15H,4-6,10H2,1-3H3. The molecule has 1 N–H and O–H groups in total. The van der Waals surface area contributed by atoms with E-state index < -0.39 is 10.0 Å². The maximum Gasteiger partial charge on any atom is 0.243 e. The fraction of sp³-hybridized carbons (Fsp3) is 0.571. The second-order valence-corrected chi connectivity index (χ2v) is 7.22. The molecule has 4 nitrogen and oxygen atoms in total. The Morgan fingerprint density at radius 2 is 2.05 bits per heavy atom. The summed E-state index contributed by atoms with van der Waals surface area (Å²) in [6, 6.07) is 5.56. The molecule has 0 bridgehead atoms. The Bertz CT molecular complexity index is 551. The van der Waals surface area contributed by atoms with Crippen molar-refractivity contribution in [3.8, 4) is 0 Å². The molecule has 1 aliphatic carbocycles. The summed E-state index contributed by atoms with van der Waals surface area (Å²) in [5, 5.41) is 3.07. The van der Waals surface area contributed by atoms with Gasteiger partial charge in [0.05, 0.1) is 4.90 Å². The van der Waals surface area contributed by atoms with Crippen molar-refractivity contribution in [2.45, 2.75) is 43.7 Å². The lowest BCUT2D eigenvalue weighted by molar-refractivity contribution is 0.249. The molecule has 0 unspecified atom stereocenters. The van der Waals surface area contributed by atoms with E-state index in [1.807, 2.05) is 20.0 Å². The van der Waals surface area contributed by atoms with Crippen molar-refractivity contribution < 1.29 is 8.42 Å². The van der Waals surface area contributed by atoms with E-state index in [9.17, 15) is 8.42 Å². The first kappa shape index (κ1) is 14.5. The smallest absolute Gasteiger partial charge is 0.243 e. The molecular weight excluding hydrogens is 260 g/mol. The van der Waals surface area contributed by atoms with E-state index in [1.54, 1.807) is 19.2 Å². The number of aryl methyl sites for hydroxylation is 1. The van der Waals surface area contributed by atoms with Crippen LogP contribution in [0.1, 0.15) is 30.4 Å². The third-order valence-corrected chi connectivity index (χ3v) is 5.86. The largest absolute Gasteiger partial charge is 0.316 e. The van der Waals surface area contributed by atoms with Crippen LogP contribution >= 0.6 is 0 Å². The second-order valence-electron chi connectivity index (χ2n) is 5.22. The van der Waals surface area contributed by atoms with Crippen molar-refractivity contribution in [3.63, 3.8) is 0 Å². The van der Waals surface area contributed by atoms with Crippen LogP contribution in [0.2, 0.25) is 0 Å². The molecule has 0 radical (unpaired) electrons. The fourth-order valence-electron chi connectivity index (χ4n) is 2.30. The summed E-state index contributed by atoms with van der Waals surface area (Å²) in [6.45, 7) is 2.68. The number of nitrogens with zero attached hydrogens (tertiary/aromatic N) is 1. The maximum absolute atomic E-state index is 12.5. The molecule has 1 fully saturated rings. The van der Waals surface area contributed by atoms with Crippen LogP contribution in [0.15, 0.2) is 23.1 Å². The lowest BCUT2D eigenvalue weighted by Crippen LogP contribution is -2.41. The molecular formula is C14H22N2O2S. The highest BCUT2D eigenvalue weighted by Crippen LogP contribution is 2.29. The number of sulfonamides is 1. The Morgan fingerprint density at radius 1 is 1.37 bits per heavy atom. The van der Waals surface area contributed by atoms with Crippen molar-refractivity contribution in [2.24, 2.45) is 0 Å². The van der Waals surface area contributed by atoms with Gasteiger partial charge in [0.1, 0.15) is 0 Å².